The second-order valence-corrected chi connectivity index (χ2v) is 4.38. The van der Waals surface area contributed by atoms with E-state index in [4.69, 9.17) is 4.74 Å². The summed E-state index contributed by atoms with van der Waals surface area (Å²) in [5.74, 6) is -0.552. The van der Waals surface area contributed by atoms with E-state index in [9.17, 15) is 9.59 Å². The normalized spacial score (nSPS) is 12.6. The van der Waals surface area contributed by atoms with E-state index in [1.807, 2.05) is 0 Å². The number of esters is 1. The molecule has 0 saturated carbocycles. The Labute approximate surface area is 95.8 Å². The number of carbonyl (C=O) groups excluding carboxylic acids is 2. The van der Waals surface area contributed by atoms with Crippen LogP contribution in [0.15, 0.2) is 12.2 Å². The quantitative estimate of drug-likeness (QED) is 0.590. The molecule has 1 amide bonds. The number of carbonyl (C=O) groups is 2. The molecule has 0 saturated heterocycles. The van der Waals surface area contributed by atoms with Gasteiger partial charge in [-0.15, -0.1) is 0 Å². The van der Waals surface area contributed by atoms with E-state index in [-0.39, 0.29) is 5.57 Å². The largest absolute Gasteiger partial charge is 0.466 e. The maximum absolute atomic E-state index is 11.4. The van der Waals surface area contributed by atoms with Gasteiger partial charge in [0.05, 0.1) is 18.7 Å². The minimum absolute atomic E-state index is 0.174. The van der Waals surface area contributed by atoms with Gasteiger partial charge in [0.25, 0.3) is 0 Å². The van der Waals surface area contributed by atoms with Crippen molar-refractivity contribution in [2.75, 3.05) is 7.11 Å². The molecule has 5 nitrogen and oxygen atoms in total. The summed E-state index contributed by atoms with van der Waals surface area (Å²) in [5, 5.41) is 2.49. The summed E-state index contributed by atoms with van der Waals surface area (Å²) in [4.78, 5) is 22.5. The standard InChI is InChI=1S/C11H19NO4/c1-7(9(13)15-6)8(2)12-10(14)16-11(3,4)5/h8H,1H2,2-6H3,(H,12,14)/t8-/m0/s1. The average molecular weight is 229 g/mol. The molecule has 0 aromatic heterocycles. The van der Waals surface area contributed by atoms with Crippen molar-refractivity contribution in [2.45, 2.75) is 39.3 Å². The number of amides is 1. The Morgan fingerprint density at radius 2 is 1.81 bits per heavy atom. The van der Waals surface area contributed by atoms with Gasteiger partial charge in [-0.1, -0.05) is 6.58 Å². The highest BCUT2D eigenvalue weighted by atomic mass is 16.6. The first-order valence-electron chi connectivity index (χ1n) is 4.94. The maximum Gasteiger partial charge on any atom is 0.408 e. The van der Waals surface area contributed by atoms with Crippen LogP contribution in [-0.4, -0.2) is 30.8 Å². The highest BCUT2D eigenvalue weighted by Gasteiger charge is 2.21. The first-order valence-corrected chi connectivity index (χ1v) is 4.94. The number of methoxy groups -OCH3 is 1. The fourth-order valence-corrected chi connectivity index (χ4v) is 0.879. The lowest BCUT2D eigenvalue weighted by Gasteiger charge is -2.22. The molecular formula is C11H19NO4. The van der Waals surface area contributed by atoms with Crippen LogP contribution in [0.4, 0.5) is 4.79 Å². The summed E-state index contributed by atoms with van der Waals surface area (Å²) >= 11 is 0. The summed E-state index contributed by atoms with van der Waals surface area (Å²) < 4.78 is 9.51. The van der Waals surface area contributed by atoms with E-state index >= 15 is 0 Å². The molecule has 0 radical (unpaired) electrons. The van der Waals surface area contributed by atoms with Crippen LogP contribution in [0.3, 0.4) is 0 Å². The first-order chi connectivity index (χ1) is 7.17. The van der Waals surface area contributed by atoms with E-state index in [1.165, 1.54) is 7.11 Å². The van der Waals surface area contributed by atoms with Crippen LogP contribution in [0.25, 0.3) is 0 Å². The van der Waals surface area contributed by atoms with E-state index in [0.29, 0.717) is 0 Å². The Hall–Kier alpha value is -1.52. The van der Waals surface area contributed by atoms with Crippen LogP contribution in [-0.2, 0) is 14.3 Å². The third kappa shape index (κ3) is 5.38. The zero-order valence-electron chi connectivity index (χ0n) is 10.4. The van der Waals surface area contributed by atoms with Gasteiger partial charge in [-0.3, -0.25) is 0 Å². The molecule has 0 heterocycles. The second kappa shape index (κ2) is 5.53. The zero-order chi connectivity index (χ0) is 12.9. The van der Waals surface area contributed by atoms with Crippen molar-refractivity contribution in [3.05, 3.63) is 12.2 Å². The van der Waals surface area contributed by atoms with Gasteiger partial charge < -0.3 is 14.8 Å². The highest BCUT2D eigenvalue weighted by molar-refractivity contribution is 5.89. The van der Waals surface area contributed by atoms with Gasteiger partial charge in [0, 0.05) is 0 Å². The number of hydrogen-bond acceptors (Lipinski definition) is 4. The van der Waals surface area contributed by atoms with Crippen LogP contribution < -0.4 is 5.32 Å². The lowest BCUT2D eigenvalue weighted by atomic mass is 10.1. The number of ether oxygens (including phenoxy) is 2. The van der Waals surface area contributed by atoms with E-state index in [0.717, 1.165) is 0 Å². The van der Waals surface area contributed by atoms with Gasteiger partial charge in [-0.05, 0) is 27.7 Å². The molecule has 0 aromatic carbocycles. The average Bonchev–Trinajstić information content (AvgIpc) is 2.12. The lowest BCUT2D eigenvalue weighted by molar-refractivity contribution is -0.136. The Kier molecular flexibility index (Phi) is 5.01. The fourth-order valence-electron chi connectivity index (χ4n) is 0.879. The Bertz CT molecular complexity index is 291. The molecule has 16 heavy (non-hydrogen) atoms. The lowest BCUT2D eigenvalue weighted by Crippen LogP contribution is -2.39. The summed E-state index contributed by atoms with van der Waals surface area (Å²) in [5.41, 5.74) is -0.399. The van der Waals surface area contributed by atoms with Crippen molar-refractivity contribution in [1.82, 2.24) is 5.32 Å². The molecule has 0 aliphatic heterocycles. The molecule has 1 N–H and O–H groups in total. The van der Waals surface area contributed by atoms with Gasteiger partial charge in [0.1, 0.15) is 5.60 Å². The minimum Gasteiger partial charge on any atom is -0.466 e. The van der Waals surface area contributed by atoms with E-state index < -0.39 is 23.7 Å². The van der Waals surface area contributed by atoms with E-state index in [2.05, 4.69) is 16.6 Å². The fraction of sp³-hybridized carbons (Fsp3) is 0.636. The van der Waals surface area contributed by atoms with E-state index in [1.54, 1.807) is 27.7 Å². The third-order valence-electron chi connectivity index (χ3n) is 1.70. The second-order valence-electron chi connectivity index (χ2n) is 4.38. The minimum atomic E-state index is -0.593. The molecular weight excluding hydrogens is 210 g/mol. The van der Waals surface area contributed by atoms with Crippen molar-refractivity contribution < 1.29 is 19.1 Å². The van der Waals surface area contributed by atoms with Crippen molar-refractivity contribution in [2.24, 2.45) is 0 Å². The van der Waals surface area contributed by atoms with Crippen molar-refractivity contribution >= 4 is 12.1 Å². The van der Waals surface area contributed by atoms with Crippen LogP contribution in [0.1, 0.15) is 27.7 Å². The monoisotopic (exact) mass is 229 g/mol. The third-order valence-corrected chi connectivity index (χ3v) is 1.70. The van der Waals surface area contributed by atoms with Gasteiger partial charge in [0.15, 0.2) is 0 Å². The highest BCUT2D eigenvalue weighted by Crippen LogP contribution is 2.08. The zero-order valence-corrected chi connectivity index (χ0v) is 10.4. The molecule has 0 spiro atoms. The predicted molar refractivity (Wildman–Crippen MR) is 60.0 cm³/mol. The Morgan fingerprint density at radius 3 is 2.19 bits per heavy atom. The molecule has 5 heteroatoms. The van der Waals surface area contributed by atoms with Gasteiger partial charge >= 0.3 is 12.1 Å². The van der Waals surface area contributed by atoms with Crippen LogP contribution in [0, 0.1) is 0 Å². The van der Waals surface area contributed by atoms with Crippen molar-refractivity contribution in [3.8, 4) is 0 Å². The SMILES string of the molecule is C=C(C(=O)OC)[C@H](C)NC(=O)OC(C)(C)C. The molecule has 92 valence electrons. The molecule has 0 aliphatic rings. The van der Waals surface area contributed by atoms with Crippen molar-refractivity contribution in [3.63, 3.8) is 0 Å². The molecule has 0 fully saturated rings. The molecule has 0 aromatic rings. The van der Waals surface area contributed by atoms with Crippen LogP contribution in [0.2, 0.25) is 0 Å². The molecule has 0 aliphatic carbocycles. The molecule has 0 rings (SSSR count). The maximum atomic E-state index is 11.4. The smallest absolute Gasteiger partial charge is 0.408 e. The molecule has 0 unspecified atom stereocenters. The summed E-state index contributed by atoms with van der Waals surface area (Å²) in [6.45, 7) is 10.4. The van der Waals surface area contributed by atoms with Gasteiger partial charge in [-0.2, -0.15) is 0 Å². The van der Waals surface area contributed by atoms with Crippen molar-refractivity contribution in [1.29, 1.82) is 0 Å². The molecule has 0 bridgehead atoms. The Morgan fingerprint density at radius 1 is 1.31 bits per heavy atom. The summed E-state index contributed by atoms with van der Waals surface area (Å²) in [6.07, 6.45) is -0.593. The number of alkyl carbamates (subject to hydrolysis) is 1. The summed E-state index contributed by atoms with van der Waals surface area (Å²) in [6, 6.07) is -0.526. The number of hydrogen-bond donors (Lipinski definition) is 1. The van der Waals surface area contributed by atoms with Gasteiger partial charge in [-0.25, -0.2) is 9.59 Å². The van der Waals surface area contributed by atoms with Crippen LogP contribution >= 0.6 is 0 Å². The molecule has 1 atom stereocenters. The number of nitrogens with one attached hydrogen (secondary N) is 1. The van der Waals surface area contributed by atoms with Gasteiger partial charge in [0.2, 0.25) is 0 Å². The predicted octanol–water partition coefficient (Wildman–Crippen LogP) is 1.63. The summed E-state index contributed by atoms with van der Waals surface area (Å²) in [7, 11) is 1.26. The number of rotatable bonds is 3. The first kappa shape index (κ1) is 14.5. The van der Waals surface area contributed by atoms with Crippen LogP contribution in [0.5, 0.6) is 0 Å². The topological polar surface area (TPSA) is 64.6 Å². The Balaban J connectivity index is 4.25.